The molecule has 0 saturated heterocycles. The van der Waals surface area contributed by atoms with Gasteiger partial charge in [-0.3, -0.25) is 4.99 Å². The lowest BCUT2D eigenvalue weighted by molar-refractivity contribution is -0.136. The fourth-order valence-electron chi connectivity index (χ4n) is 2.87. The van der Waals surface area contributed by atoms with E-state index >= 15 is 0 Å². The predicted molar refractivity (Wildman–Crippen MR) is 105 cm³/mol. The Balaban J connectivity index is 1.73. The smallest absolute Gasteiger partial charge is 0.328 e. The topological polar surface area (TPSA) is 117 Å². The van der Waals surface area contributed by atoms with Crippen LogP contribution in [0.3, 0.4) is 0 Å². The van der Waals surface area contributed by atoms with Gasteiger partial charge >= 0.3 is 5.97 Å². The van der Waals surface area contributed by atoms with Crippen molar-refractivity contribution >= 4 is 33.5 Å². The third-order valence-corrected chi connectivity index (χ3v) is 4.21. The molecule has 0 bridgehead atoms. The summed E-state index contributed by atoms with van der Waals surface area (Å²) in [6.45, 7) is 0.436. The van der Waals surface area contributed by atoms with E-state index < -0.39 is 12.0 Å². The Morgan fingerprint density at radius 3 is 2.46 bits per heavy atom. The minimum atomic E-state index is -0.715. The first-order chi connectivity index (χ1) is 12.5. The highest BCUT2D eigenvalue weighted by molar-refractivity contribution is 6.08. The first-order valence-electron chi connectivity index (χ1n) is 8.49. The summed E-state index contributed by atoms with van der Waals surface area (Å²) in [4.78, 5) is 16.1. The predicted octanol–water partition coefficient (Wildman–Crippen LogP) is 2.28. The molecule has 0 aliphatic rings. The lowest BCUT2D eigenvalue weighted by atomic mass is 10.0. The number of ether oxygens (including phenoxy) is 1. The molecule has 0 aliphatic heterocycles. The zero-order valence-corrected chi connectivity index (χ0v) is 14.4. The second kappa shape index (κ2) is 7.84. The van der Waals surface area contributed by atoms with E-state index in [1.54, 1.807) is 6.07 Å². The molecule has 6 nitrogen and oxygen atoms in total. The summed E-state index contributed by atoms with van der Waals surface area (Å²) in [7, 11) is 0. The van der Waals surface area contributed by atoms with Crippen molar-refractivity contribution in [2.24, 2.45) is 22.2 Å². The Kier molecular flexibility index (Phi) is 5.34. The average Bonchev–Trinajstić information content (AvgIpc) is 2.64. The van der Waals surface area contributed by atoms with Gasteiger partial charge in [-0.2, -0.15) is 0 Å². The molecule has 1 atom stereocenters. The zero-order chi connectivity index (χ0) is 18.5. The third kappa shape index (κ3) is 4.10. The van der Waals surface area contributed by atoms with E-state index in [1.807, 2.05) is 24.3 Å². The molecule has 6 N–H and O–H groups in total. The maximum atomic E-state index is 12.2. The van der Waals surface area contributed by atoms with E-state index in [2.05, 4.69) is 29.3 Å². The normalized spacial score (nSPS) is 12.0. The lowest BCUT2D eigenvalue weighted by Gasteiger charge is -2.12. The largest absolute Gasteiger partial charge is 0.425 e. The minimum Gasteiger partial charge on any atom is -0.425 e. The van der Waals surface area contributed by atoms with Gasteiger partial charge < -0.3 is 21.9 Å². The average molecular weight is 350 g/mol. The van der Waals surface area contributed by atoms with E-state index in [0.29, 0.717) is 25.1 Å². The summed E-state index contributed by atoms with van der Waals surface area (Å²) in [6, 6.07) is 17.1. The SMILES string of the molecule is NC(N)=NCCC[C@H](N)C(=O)Oc1ccc2ccc3ccccc3c2c1. The highest BCUT2D eigenvalue weighted by atomic mass is 16.5. The van der Waals surface area contributed by atoms with Crippen molar-refractivity contribution in [3.05, 3.63) is 54.6 Å². The maximum Gasteiger partial charge on any atom is 0.328 e. The van der Waals surface area contributed by atoms with Crippen molar-refractivity contribution in [1.29, 1.82) is 0 Å². The van der Waals surface area contributed by atoms with Crippen LogP contribution in [0.15, 0.2) is 59.6 Å². The standard InChI is InChI=1S/C20H22N4O2/c21-18(6-3-11-24-20(22)23)19(25)26-15-10-9-14-8-7-13-4-1-2-5-16(13)17(14)12-15/h1-2,4-5,7-10,12,18H,3,6,11,21H2,(H4,22,23,24)/t18-/m0/s1. The molecule has 26 heavy (non-hydrogen) atoms. The molecule has 3 rings (SSSR count). The number of carbonyl (C=O) groups excluding carboxylic acids is 1. The number of esters is 1. The molecule has 0 unspecified atom stereocenters. The van der Waals surface area contributed by atoms with Crippen LogP contribution < -0.4 is 21.9 Å². The van der Waals surface area contributed by atoms with Crippen LogP contribution >= 0.6 is 0 Å². The van der Waals surface area contributed by atoms with E-state index in [1.165, 1.54) is 0 Å². The quantitative estimate of drug-likeness (QED) is 0.157. The van der Waals surface area contributed by atoms with Gasteiger partial charge in [0.05, 0.1) is 0 Å². The van der Waals surface area contributed by atoms with Crippen LogP contribution in [0.25, 0.3) is 21.5 Å². The van der Waals surface area contributed by atoms with Crippen molar-refractivity contribution in [2.45, 2.75) is 18.9 Å². The number of rotatable bonds is 6. The van der Waals surface area contributed by atoms with Crippen LogP contribution in [-0.4, -0.2) is 24.5 Å². The minimum absolute atomic E-state index is 0.0320. The number of benzene rings is 3. The Morgan fingerprint density at radius 1 is 1.00 bits per heavy atom. The number of carbonyl (C=O) groups is 1. The van der Waals surface area contributed by atoms with E-state index in [4.69, 9.17) is 21.9 Å². The van der Waals surface area contributed by atoms with Crippen LogP contribution in [0.5, 0.6) is 5.75 Å². The Morgan fingerprint density at radius 2 is 1.69 bits per heavy atom. The van der Waals surface area contributed by atoms with Crippen LogP contribution in [-0.2, 0) is 4.79 Å². The van der Waals surface area contributed by atoms with E-state index in [-0.39, 0.29) is 5.96 Å². The third-order valence-electron chi connectivity index (χ3n) is 4.21. The monoisotopic (exact) mass is 350 g/mol. The van der Waals surface area contributed by atoms with Crippen molar-refractivity contribution < 1.29 is 9.53 Å². The van der Waals surface area contributed by atoms with E-state index in [0.717, 1.165) is 21.5 Å². The molecule has 0 amide bonds. The number of aliphatic imine (C=N–C) groups is 1. The fourth-order valence-corrected chi connectivity index (χ4v) is 2.87. The van der Waals surface area contributed by atoms with Crippen LogP contribution in [0, 0.1) is 0 Å². The summed E-state index contributed by atoms with van der Waals surface area (Å²) < 4.78 is 5.46. The molecule has 0 aromatic heterocycles. The molecule has 0 radical (unpaired) electrons. The highest BCUT2D eigenvalue weighted by Gasteiger charge is 2.16. The Labute approximate surface area is 151 Å². The number of nitrogens with zero attached hydrogens (tertiary/aromatic N) is 1. The molecule has 6 heteroatoms. The number of hydrogen-bond acceptors (Lipinski definition) is 4. The molecular weight excluding hydrogens is 328 g/mol. The van der Waals surface area contributed by atoms with Gasteiger partial charge in [0.2, 0.25) is 0 Å². The maximum absolute atomic E-state index is 12.2. The van der Waals surface area contributed by atoms with Crippen molar-refractivity contribution in [3.63, 3.8) is 0 Å². The zero-order valence-electron chi connectivity index (χ0n) is 14.4. The van der Waals surface area contributed by atoms with Gasteiger partial charge in [0.1, 0.15) is 11.8 Å². The van der Waals surface area contributed by atoms with Gasteiger partial charge in [0, 0.05) is 6.54 Å². The summed E-state index contributed by atoms with van der Waals surface area (Å²) in [5, 5.41) is 4.38. The fraction of sp³-hybridized carbons (Fsp3) is 0.200. The second-order valence-corrected chi connectivity index (χ2v) is 6.15. The number of nitrogens with two attached hydrogens (primary N) is 3. The molecule has 0 heterocycles. The highest BCUT2D eigenvalue weighted by Crippen LogP contribution is 2.28. The van der Waals surface area contributed by atoms with Crippen LogP contribution in [0.1, 0.15) is 12.8 Å². The van der Waals surface area contributed by atoms with Crippen molar-refractivity contribution in [3.8, 4) is 5.75 Å². The Bertz CT molecular complexity index is 964. The van der Waals surface area contributed by atoms with Crippen molar-refractivity contribution in [1.82, 2.24) is 0 Å². The number of hydrogen-bond donors (Lipinski definition) is 3. The van der Waals surface area contributed by atoms with Gasteiger partial charge in [0.15, 0.2) is 5.96 Å². The van der Waals surface area contributed by atoms with E-state index in [9.17, 15) is 4.79 Å². The molecule has 134 valence electrons. The molecule has 0 fully saturated rings. The second-order valence-electron chi connectivity index (χ2n) is 6.15. The van der Waals surface area contributed by atoms with Gasteiger partial charge in [0.25, 0.3) is 0 Å². The van der Waals surface area contributed by atoms with Gasteiger partial charge in [-0.1, -0.05) is 42.5 Å². The molecule has 0 spiro atoms. The first kappa shape index (κ1) is 17.7. The molecular formula is C20H22N4O2. The van der Waals surface area contributed by atoms with Crippen LogP contribution in [0.2, 0.25) is 0 Å². The van der Waals surface area contributed by atoms with Crippen molar-refractivity contribution in [2.75, 3.05) is 6.54 Å². The molecule has 0 aliphatic carbocycles. The van der Waals surface area contributed by atoms with Gasteiger partial charge in [-0.05, 0) is 46.5 Å². The van der Waals surface area contributed by atoms with Crippen LogP contribution in [0.4, 0.5) is 0 Å². The summed E-state index contributed by atoms with van der Waals surface area (Å²) in [5.74, 6) is 0.0531. The van der Waals surface area contributed by atoms with Gasteiger partial charge in [-0.15, -0.1) is 0 Å². The lowest BCUT2D eigenvalue weighted by Crippen LogP contribution is -2.34. The first-order valence-corrected chi connectivity index (χ1v) is 8.49. The number of guanidine groups is 1. The number of fused-ring (bicyclic) bond motifs is 3. The molecule has 0 saturated carbocycles. The molecule has 3 aromatic carbocycles. The Hall–Kier alpha value is -3.12. The molecule has 3 aromatic rings. The summed E-state index contributed by atoms with van der Waals surface area (Å²) in [5.41, 5.74) is 16.4. The summed E-state index contributed by atoms with van der Waals surface area (Å²) >= 11 is 0. The summed E-state index contributed by atoms with van der Waals surface area (Å²) in [6.07, 6.45) is 1.06. The van der Waals surface area contributed by atoms with Gasteiger partial charge in [-0.25, -0.2) is 4.79 Å².